The second kappa shape index (κ2) is 9.39. The molecule has 1 aromatic carbocycles. The number of allylic oxidation sites excluding steroid dienone is 4. The Morgan fingerprint density at radius 1 is 1.04 bits per heavy atom. The van der Waals surface area contributed by atoms with Gasteiger partial charge in [-0.05, 0) is 0 Å². The zero-order valence-electron chi connectivity index (χ0n) is 16.0. The van der Waals surface area contributed by atoms with Crippen LogP contribution in [0, 0.1) is 14.9 Å². The van der Waals surface area contributed by atoms with E-state index in [1.807, 2.05) is 0 Å². The van der Waals surface area contributed by atoms with Gasteiger partial charge in [0.15, 0.2) is 0 Å². The Balaban J connectivity index is 2.13. The zero-order valence-corrected chi connectivity index (χ0v) is 22.5. The maximum absolute atomic E-state index is 2.53. The summed E-state index contributed by atoms with van der Waals surface area (Å²) >= 11 is 5.03. The first kappa shape index (κ1) is 22.2. The van der Waals surface area contributed by atoms with Crippen LogP contribution in [0.1, 0.15) is 53.0 Å². The van der Waals surface area contributed by atoms with Gasteiger partial charge in [-0.1, -0.05) is 0 Å². The number of alkyl halides is 2. The van der Waals surface area contributed by atoms with E-state index in [0.717, 1.165) is 0 Å². The van der Waals surface area contributed by atoms with Gasteiger partial charge in [-0.2, -0.15) is 0 Å². The minimum atomic E-state index is -0.0279. The van der Waals surface area contributed by atoms with Crippen molar-refractivity contribution in [2.45, 2.75) is 52.9 Å². The van der Waals surface area contributed by atoms with E-state index in [1.165, 1.54) is 27.3 Å². The molecule has 140 valence electrons. The summed E-state index contributed by atoms with van der Waals surface area (Å²) in [6.45, 7) is 11.9. The number of hydrogen-bond donors (Lipinski definition) is 0. The molecule has 2 rings (SSSR count). The van der Waals surface area contributed by atoms with Gasteiger partial charge in [-0.3, -0.25) is 0 Å². The van der Waals surface area contributed by atoms with Gasteiger partial charge < -0.3 is 0 Å². The topological polar surface area (TPSA) is 0 Å². The van der Waals surface area contributed by atoms with Crippen LogP contribution in [0.2, 0.25) is 0 Å². The number of hydrogen-bond acceptors (Lipinski definition) is 0. The molecule has 2 atom stereocenters. The molecule has 0 N–H and O–H groups in total. The molecule has 0 fully saturated rings. The third kappa shape index (κ3) is 5.46. The van der Waals surface area contributed by atoms with Gasteiger partial charge in [0.2, 0.25) is 0 Å². The Morgan fingerprint density at radius 3 is 2.16 bits per heavy atom. The van der Waals surface area contributed by atoms with Gasteiger partial charge in [-0.25, -0.2) is 0 Å². The second-order valence-corrected chi connectivity index (χ2v) is 12.7. The summed E-state index contributed by atoms with van der Waals surface area (Å²) in [4.78, 5) is 0. The summed E-state index contributed by atoms with van der Waals surface area (Å²) in [7, 11) is 0. The van der Waals surface area contributed by atoms with Crippen LogP contribution in [0.25, 0.3) is 0 Å². The third-order valence-corrected chi connectivity index (χ3v) is 11.9. The summed E-state index contributed by atoms with van der Waals surface area (Å²) in [6.07, 6.45) is 7.32. The molecule has 1 aliphatic rings. The molecule has 0 saturated carbocycles. The van der Waals surface area contributed by atoms with E-state index in [2.05, 4.69) is 116 Å². The monoisotopic (exact) mass is 675 g/mol. The van der Waals surface area contributed by atoms with Crippen LogP contribution in [0.15, 0.2) is 45.6 Å². The van der Waals surface area contributed by atoms with E-state index >= 15 is 0 Å². The van der Waals surface area contributed by atoms with Crippen molar-refractivity contribution in [3.63, 3.8) is 0 Å². The quantitative estimate of drug-likeness (QED) is 0.298. The SMILES string of the molecule is CCC(C)(CI)c1ccc([I-]C2=CC=C(C(C)(C)CI)C(C)C2)cc1. The maximum atomic E-state index is 2.53. The molecule has 25 heavy (non-hydrogen) atoms. The van der Waals surface area contributed by atoms with E-state index in [-0.39, 0.29) is 21.2 Å². The van der Waals surface area contributed by atoms with Crippen LogP contribution in [0.4, 0.5) is 0 Å². The molecule has 0 spiro atoms. The van der Waals surface area contributed by atoms with E-state index in [0.29, 0.717) is 16.7 Å². The fourth-order valence-corrected chi connectivity index (χ4v) is 7.47. The summed E-state index contributed by atoms with van der Waals surface area (Å²) in [5.41, 5.74) is 3.77. The van der Waals surface area contributed by atoms with E-state index in [1.54, 1.807) is 12.7 Å². The van der Waals surface area contributed by atoms with Crippen LogP contribution in [0.5, 0.6) is 0 Å². The van der Waals surface area contributed by atoms with Crippen molar-refractivity contribution >= 4 is 45.2 Å². The molecule has 0 bridgehead atoms. The van der Waals surface area contributed by atoms with Gasteiger partial charge >= 0.3 is 194 Å². The number of rotatable bonds is 7. The van der Waals surface area contributed by atoms with Crippen molar-refractivity contribution < 1.29 is 21.2 Å². The Kier molecular flexibility index (Phi) is 8.33. The molecule has 0 aliphatic heterocycles. The first-order chi connectivity index (χ1) is 11.8. The molecule has 1 aliphatic carbocycles. The first-order valence-electron chi connectivity index (χ1n) is 9.04. The van der Waals surface area contributed by atoms with Crippen LogP contribution in [0.3, 0.4) is 0 Å². The third-order valence-electron chi connectivity index (χ3n) is 5.44. The van der Waals surface area contributed by atoms with Crippen LogP contribution < -0.4 is 21.2 Å². The summed E-state index contributed by atoms with van der Waals surface area (Å²) in [5.74, 6) is 0.686. The molecule has 1 aromatic rings. The Bertz CT molecular complexity index is 634. The molecular weight excluding hydrogens is 645 g/mol. The summed E-state index contributed by atoms with van der Waals surface area (Å²) in [5, 5.41) is 0. The molecule has 0 saturated heterocycles. The van der Waals surface area contributed by atoms with Crippen molar-refractivity contribution in [1.29, 1.82) is 0 Å². The van der Waals surface area contributed by atoms with Crippen molar-refractivity contribution in [1.82, 2.24) is 0 Å². The van der Waals surface area contributed by atoms with E-state index < -0.39 is 0 Å². The van der Waals surface area contributed by atoms with Gasteiger partial charge in [0, 0.05) is 0 Å². The molecule has 0 nitrogen and oxygen atoms in total. The zero-order chi connectivity index (χ0) is 18.7. The van der Waals surface area contributed by atoms with Gasteiger partial charge in [0.1, 0.15) is 0 Å². The van der Waals surface area contributed by atoms with Crippen molar-refractivity contribution in [3.05, 3.63) is 54.7 Å². The van der Waals surface area contributed by atoms with Crippen molar-refractivity contribution in [2.24, 2.45) is 11.3 Å². The average Bonchev–Trinajstić information content (AvgIpc) is 2.61. The number of halogens is 3. The Hall–Kier alpha value is 0.890. The van der Waals surface area contributed by atoms with Gasteiger partial charge in [-0.15, -0.1) is 0 Å². The normalized spacial score (nSPS) is 20.8. The second-order valence-electron chi connectivity index (χ2n) is 8.01. The number of benzene rings is 1. The van der Waals surface area contributed by atoms with Crippen molar-refractivity contribution in [3.8, 4) is 0 Å². The van der Waals surface area contributed by atoms with Crippen molar-refractivity contribution in [2.75, 3.05) is 8.86 Å². The molecule has 2 unspecified atom stereocenters. The molecular formula is C22H30I3-. The molecule has 0 aromatic heterocycles. The minimum absolute atomic E-state index is 0.0279. The predicted octanol–water partition coefficient (Wildman–Crippen LogP) is 4.36. The standard InChI is InChI=1S/C22H30I3/c1-6-22(5,15-24)17-7-9-18(10-8-17)25-19-11-12-20(16(2)13-19)21(3,4)14-23/h7-12,16H,6,13-15H2,1-5H3/q-1. The Morgan fingerprint density at radius 2 is 1.68 bits per heavy atom. The fraction of sp³-hybridized carbons (Fsp3) is 0.545. The van der Waals surface area contributed by atoms with Crippen LogP contribution in [-0.4, -0.2) is 8.86 Å². The molecule has 0 heterocycles. The van der Waals surface area contributed by atoms with Gasteiger partial charge in [0.25, 0.3) is 0 Å². The molecule has 0 radical (unpaired) electrons. The van der Waals surface area contributed by atoms with Gasteiger partial charge in [0.05, 0.1) is 0 Å². The fourth-order valence-electron chi connectivity index (χ4n) is 3.29. The van der Waals surface area contributed by atoms with E-state index in [9.17, 15) is 0 Å². The summed E-state index contributed by atoms with van der Waals surface area (Å²) in [6, 6.07) is 9.54. The molecule has 0 amide bonds. The molecule has 3 heteroatoms. The first-order valence-corrected chi connectivity index (χ1v) is 14.2. The van der Waals surface area contributed by atoms with Crippen LogP contribution >= 0.6 is 45.2 Å². The Labute approximate surface area is 192 Å². The average molecular weight is 675 g/mol. The summed E-state index contributed by atoms with van der Waals surface area (Å²) < 4.78 is 5.60. The van der Waals surface area contributed by atoms with Crippen LogP contribution in [-0.2, 0) is 5.41 Å². The predicted molar refractivity (Wildman–Crippen MR) is 124 cm³/mol. The van der Waals surface area contributed by atoms with E-state index in [4.69, 9.17) is 0 Å².